The molecule has 1 aromatic heterocycles. The summed E-state index contributed by atoms with van der Waals surface area (Å²) in [6.07, 6.45) is 0. The molecule has 2 atom stereocenters. The number of carbonyl (C=O) groups excluding carboxylic acids is 1. The minimum Gasteiger partial charge on any atom is -0.481 e. The van der Waals surface area contributed by atoms with Crippen molar-refractivity contribution in [1.29, 1.82) is 0 Å². The molecule has 0 spiro atoms. The first-order valence-corrected chi connectivity index (χ1v) is 6.77. The second-order valence-electron chi connectivity index (χ2n) is 5.36. The Morgan fingerprint density at radius 2 is 2.11 bits per heavy atom. The Kier molecular flexibility index (Phi) is 3.19. The summed E-state index contributed by atoms with van der Waals surface area (Å²) in [5, 5.41) is 13.8. The van der Waals surface area contributed by atoms with E-state index in [9.17, 15) is 9.59 Å². The third kappa shape index (κ3) is 2.14. The van der Waals surface area contributed by atoms with Crippen LogP contribution in [0, 0.1) is 24.2 Å². The van der Waals surface area contributed by atoms with Crippen LogP contribution in [0.3, 0.4) is 0 Å². The normalized spacial score (nSPS) is 24.6. The lowest BCUT2D eigenvalue weighted by Gasteiger charge is -2.05. The van der Waals surface area contributed by atoms with Gasteiger partial charge in [0, 0.05) is 4.88 Å². The van der Waals surface area contributed by atoms with Gasteiger partial charge in [-0.25, -0.2) is 0 Å². The van der Waals surface area contributed by atoms with E-state index in [1.807, 2.05) is 32.2 Å². The fraction of sp³-hybridized carbons (Fsp3) is 0.538. The Morgan fingerprint density at radius 1 is 1.44 bits per heavy atom. The van der Waals surface area contributed by atoms with Crippen LogP contribution < -0.4 is 5.32 Å². The van der Waals surface area contributed by atoms with E-state index in [1.165, 1.54) is 0 Å². The van der Waals surface area contributed by atoms with Crippen LogP contribution in [0.25, 0.3) is 0 Å². The smallest absolute Gasteiger partial charge is 0.307 e. The van der Waals surface area contributed by atoms with Crippen LogP contribution in [0.1, 0.15) is 24.3 Å². The summed E-state index contributed by atoms with van der Waals surface area (Å²) in [5.74, 6) is -2.00. The van der Waals surface area contributed by atoms with E-state index in [2.05, 4.69) is 5.32 Å². The van der Waals surface area contributed by atoms with Crippen LogP contribution in [0.5, 0.6) is 0 Å². The molecular formula is C13H17NO3S. The van der Waals surface area contributed by atoms with E-state index in [4.69, 9.17) is 5.11 Å². The average Bonchev–Trinajstić information content (AvgIpc) is 2.62. The number of amides is 1. The van der Waals surface area contributed by atoms with E-state index in [-0.39, 0.29) is 5.91 Å². The number of carboxylic acid groups (broad SMARTS) is 1. The number of rotatable bonds is 4. The molecule has 0 radical (unpaired) electrons. The van der Waals surface area contributed by atoms with E-state index in [0.717, 1.165) is 10.4 Å². The summed E-state index contributed by atoms with van der Waals surface area (Å²) in [5.41, 5.74) is 0.727. The number of carboxylic acids is 1. The van der Waals surface area contributed by atoms with Crippen LogP contribution in [0.15, 0.2) is 11.4 Å². The predicted molar refractivity (Wildman–Crippen MR) is 69.3 cm³/mol. The molecule has 1 fully saturated rings. The van der Waals surface area contributed by atoms with Gasteiger partial charge in [0.1, 0.15) is 0 Å². The van der Waals surface area contributed by atoms with E-state index in [0.29, 0.717) is 6.54 Å². The largest absolute Gasteiger partial charge is 0.481 e. The summed E-state index contributed by atoms with van der Waals surface area (Å²) in [6.45, 7) is 6.14. The molecule has 1 amide bonds. The molecule has 1 heterocycles. The summed E-state index contributed by atoms with van der Waals surface area (Å²) in [4.78, 5) is 24.1. The Labute approximate surface area is 110 Å². The zero-order valence-corrected chi connectivity index (χ0v) is 11.5. The molecule has 1 aliphatic rings. The number of thiophene rings is 1. The standard InChI is InChI=1S/C13H17NO3S/c1-7-4-5-18-8(7)6-14-11(15)9-10(12(16)17)13(9,2)3/h4-5,9-10H,6H2,1-3H3,(H,14,15)(H,16,17)/t9-,10+/m1/s1. The first kappa shape index (κ1) is 13.1. The number of hydrogen-bond acceptors (Lipinski definition) is 3. The zero-order valence-electron chi connectivity index (χ0n) is 10.7. The molecule has 98 valence electrons. The highest BCUT2D eigenvalue weighted by Crippen LogP contribution is 2.58. The SMILES string of the molecule is Cc1ccsc1CNC(=O)[C@H]1[C@@H](C(=O)O)C1(C)C. The van der Waals surface area contributed by atoms with Gasteiger partial charge in [-0.3, -0.25) is 9.59 Å². The Morgan fingerprint density at radius 3 is 2.56 bits per heavy atom. The van der Waals surface area contributed by atoms with Gasteiger partial charge in [0.2, 0.25) is 5.91 Å². The average molecular weight is 267 g/mol. The number of aliphatic carboxylic acids is 1. The summed E-state index contributed by atoms with van der Waals surface area (Å²) >= 11 is 1.60. The van der Waals surface area contributed by atoms with Crippen molar-refractivity contribution in [3.63, 3.8) is 0 Å². The molecule has 1 saturated carbocycles. The fourth-order valence-electron chi connectivity index (χ4n) is 2.45. The predicted octanol–water partition coefficient (Wildman–Crippen LogP) is 2.03. The van der Waals surface area contributed by atoms with Gasteiger partial charge in [-0.2, -0.15) is 0 Å². The topological polar surface area (TPSA) is 66.4 Å². The lowest BCUT2D eigenvalue weighted by molar-refractivity contribution is -0.140. The van der Waals surface area contributed by atoms with Crippen LogP contribution in [-0.4, -0.2) is 17.0 Å². The fourth-order valence-corrected chi connectivity index (χ4v) is 3.30. The maximum Gasteiger partial charge on any atom is 0.307 e. The van der Waals surface area contributed by atoms with Crippen molar-refractivity contribution < 1.29 is 14.7 Å². The molecule has 2 rings (SSSR count). The van der Waals surface area contributed by atoms with E-state index >= 15 is 0 Å². The van der Waals surface area contributed by atoms with Gasteiger partial charge in [0.05, 0.1) is 18.4 Å². The molecule has 5 heteroatoms. The highest BCUT2D eigenvalue weighted by molar-refractivity contribution is 7.10. The van der Waals surface area contributed by atoms with Crippen molar-refractivity contribution in [3.8, 4) is 0 Å². The summed E-state index contributed by atoms with van der Waals surface area (Å²) in [7, 11) is 0. The summed E-state index contributed by atoms with van der Waals surface area (Å²) in [6, 6.07) is 2.01. The highest BCUT2D eigenvalue weighted by Gasteiger charge is 2.65. The highest BCUT2D eigenvalue weighted by atomic mass is 32.1. The summed E-state index contributed by atoms with van der Waals surface area (Å²) < 4.78 is 0. The molecule has 0 saturated heterocycles. The van der Waals surface area contributed by atoms with Gasteiger partial charge in [0.15, 0.2) is 0 Å². The molecule has 1 aromatic rings. The number of carbonyl (C=O) groups is 2. The minimum atomic E-state index is -0.882. The Balaban J connectivity index is 1.94. The molecule has 18 heavy (non-hydrogen) atoms. The van der Waals surface area contributed by atoms with Crippen molar-refractivity contribution in [1.82, 2.24) is 5.32 Å². The van der Waals surface area contributed by atoms with Crippen LogP contribution in [0.2, 0.25) is 0 Å². The lowest BCUT2D eigenvalue weighted by atomic mass is 10.1. The van der Waals surface area contributed by atoms with Crippen molar-refractivity contribution >= 4 is 23.2 Å². The molecule has 1 aliphatic carbocycles. The first-order chi connectivity index (χ1) is 8.35. The number of nitrogens with one attached hydrogen (secondary N) is 1. The third-order valence-electron chi connectivity index (χ3n) is 3.77. The molecule has 0 aliphatic heterocycles. The molecular weight excluding hydrogens is 250 g/mol. The first-order valence-electron chi connectivity index (χ1n) is 5.89. The van der Waals surface area contributed by atoms with Gasteiger partial charge >= 0.3 is 5.97 Å². The number of hydrogen-bond donors (Lipinski definition) is 2. The quantitative estimate of drug-likeness (QED) is 0.877. The van der Waals surface area contributed by atoms with Crippen LogP contribution >= 0.6 is 11.3 Å². The second kappa shape index (κ2) is 4.39. The van der Waals surface area contributed by atoms with Crippen LogP contribution in [0.4, 0.5) is 0 Å². The van der Waals surface area contributed by atoms with Crippen molar-refractivity contribution in [3.05, 3.63) is 21.9 Å². The number of aryl methyl sites for hydroxylation is 1. The molecule has 4 nitrogen and oxygen atoms in total. The maximum absolute atomic E-state index is 12.0. The van der Waals surface area contributed by atoms with Crippen LogP contribution in [-0.2, 0) is 16.1 Å². The van der Waals surface area contributed by atoms with Crippen molar-refractivity contribution in [2.24, 2.45) is 17.3 Å². The minimum absolute atomic E-state index is 0.153. The van der Waals surface area contributed by atoms with Gasteiger partial charge in [-0.1, -0.05) is 13.8 Å². The van der Waals surface area contributed by atoms with Crippen molar-refractivity contribution in [2.75, 3.05) is 0 Å². The van der Waals surface area contributed by atoms with Gasteiger partial charge in [-0.15, -0.1) is 11.3 Å². The zero-order chi connectivity index (χ0) is 13.5. The Bertz CT molecular complexity index is 492. The molecule has 0 unspecified atom stereocenters. The Hall–Kier alpha value is -1.36. The lowest BCUT2D eigenvalue weighted by Crippen LogP contribution is -2.26. The maximum atomic E-state index is 12.0. The van der Waals surface area contributed by atoms with E-state index < -0.39 is 23.2 Å². The monoisotopic (exact) mass is 267 g/mol. The molecule has 0 aromatic carbocycles. The second-order valence-corrected chi connectivity index (χ2v) is 6.36. The van der Waals surface area contributed by atoms with Crippen molar-refractivity contribution in [2.45, 2.75) is 27.3 Å². The van der Waals surface area contributed by atoms with Gasteiger partial charge < -0.3 is 10.4 Å². The third-order valence-corrected chi connectivity index (χ3v) is 4.79. The van der Waals surface area contributed by atoms with Gasteiger partial charge in [0.25, 0.3) is 0 Å². The van der Waals surface area contributed by atoms with Gasteiger partial charge in [-0.05, 0) is 29.3 Å². The molecule has 2 N–H and O–H groups in total. The molecule has 0 bridgehead atoms. The van der Waals surface area contributed by atoms with E-state index in [1.54, 1.807) is 11.3 Å².